The predicted molar refractivity (Wildman–Crippen MR) is 47.7 cm³/mol. The molecule has 0 aliphatic carbocycles. The van der Waals surface area contributed by atoms with Gasteiger partial charge in [0.05, 0.1) is 5.54 Å². The first-order valence-electron chi connectivity index (χ1n) is 4.10. The van der Waals surface area contributed by atoms with Crippen molar-refractivity contribution in [2.75, 3.05) is 0 Å². The number of rotatable bonds is 3. The van der Waals surface area contributed by atoms with Crippen molar-refractivity contribution in [1.29, 1.82) is 0 Å². The Morgan fingerprint density at radius 1 is 1.25 bits per heavy atom. The molecular weight excluding hydrogens is 154 g/mol. The molecule has 3 nitrogen and oxygen atoms in total. The molecule has 0 fully saturated rings. The third-order valence-electron chi connectivity index (χ3n) is 2.32. The summed E-state index contributed by atoms with van der Waals surface area (Å²) in [7, 11) is 0. The number of hydrogen-bond donors (Lipinski definition) is 1. The normalized spacial score (nSPS) is 15.5. The Labute approximate surface area is 73.5 Å². The lowest BCUT2D eigenvalue weighted by atomic mass is 9.85. The Bertz CT molecular complexity index is 199. The van der Waals surface area contributed by atoms with Gasteiger partial charge in [-0.1, -0.05) is 13.8 Å². The van der Waals surface area contributed by atoms with Gasteiger partial charge in [0.25, 0.3) is 0 Å². The van der Waals surface area contributed by atoms with Gasteiger partial charge in [0.15, 0.2) is 5.78 Å². The van der Waals surface area contributed by atoms with Gasteiger partial charge in [-0.25, -0.2) is 0 Å². The SMILES string of the molecule is CC(=O)NC(C)(C(C)=O)C(C)C. The maximum atomic E-state index is 11.2. The molecule has 0 spiro atoms. The lowest BCUT2D eigenvalue weighted by molar-refractivity contribution is -0.131. The summed E-state index contributed by atoms with van der Waals surface area (Å²) < 4.78 is 0. The molecule has 1 N–H and O–H groups in total. The molecular formula is C9H17NO2. The lowest BCUT2D eigenvalue weighted by Gasteiger charge is -2.31. The van der Waals surface area contributed by atoms with Gasteiger partial charge in [0, 0.05) is 6.92 Å². The Morgan fingerprint density at radius 3 is 1.75 bits per heavy atom. The predicted octanol–water partition coefficient (Wildman–Crippen LogP) is 1.13. The summed E-state index contributed by atoms with van der Waals surface area (Å²) in [6.07, 6.45) is 0. The number of carbonyl (C=O) groups excluding carboxylic acids is 2. The monoisotopic (exact) mass is 171 g/mol. The summed E-state index contributed by atoms with van der Waals surface area (Å²) in [5.41, 5.74) is -0.716. The van der Waals surface area contributed by atoms with Gasteiger partial charge in [-0.15, -0.1) is 0 Å². The van der Waals surface area contributed by atoms with Crippen molar-refractivity contribution in [3.05, 3.63) is 0 Å². The molecule has 1 atom stereocenters. The maximum absolute atomic E-state index is 11.2. The Balaban J connectivity index is 4.62. The highest BCUT2D eigenvalue weighted by molar-refractivity contribution is 5.90. The molecule has 0 rings (SSSR count). The van der Waals surface area contributed by atoms with Crippen molar-refractivity contribution in [2.24, 2.45) is 5.92 Å². The van der Waals surface area contributed by atoms with E-state index < -0.39 is 5.54 Å². The van der Waals surface area contributed by atoms with E-state index in [1.165, 1.54) is 13.8 Å². The summed E-state index contributed by atoms with van der Waals surface area (Å²) in [6, 6.07) is 0. The van der Waals surface area contributed by atoms with Crippen LogP contribution in [0, 0.1) is 5.92 Å². The molecule has 1 unspecified atom stereocenters. The zero-order valence-electron chi connectivity index (χ0n) is 8.39. The molecule has 0 aromatic heterocycles. The number of nitrogens with one attached hydrogen (secondary N) is 1. The van der Waals surface area contributed by atoms with Crippen molar-refractivity contribution < 1.29 is 9.59 Å². The summed E-state index contributed by atoms with van der Waals surface area (Å²) in [4.78, 5) is 22.0. The third kappa shape index (κ3) is 2.32. The van der Waals surface area contributed by atoms with E-state index >= 15 is 0 Å². The summed E-state index contributed by atoms with van der Waals surface area (Å²) in [5.74, 6) is -0.0620. The number of carbonyl (C=O) groups is 2. The van der Waals surface area contributed by atoms with Crippen LogP contribution in [0.5, 0.6) is 0 Å². The fraction of sp³-hybridized carbons (Fsp3) is 0.778. The van der Waals surface area contributed by atoms with Gasteiger partial charge in [-0.05, 0) is 19.8 Å². The van der Waals surface area contributed by atoms with Gasteiger partial charge in [-0.3, -0.25) is 9.59 Å². The van der Waals surface area contributed by atoms with Gasteiger partial charge in [0.2, 0.25) is 5.91 Å². The quantitative estimate of drug-likeness (QED) is 0.691. The second kappa shape index (κ2) is 3.70. The number of hydrogen-bond acceptors (Lipinski definition) is 2. The van der Waals surface area contributed by atoms with E-state index in [1.807, 2.05) is 13.8 Å². The topological polar surface area (TPSA) is 46.2 Å². The molecule has 0 saturated heterocycles. The fourth-order valence-electron chi connectivity index (χ4n) is 1.00. The zero-order valence-corrected chi connectivity index (χ0v) is 8.39. The summed E-state index contributed by atoms with van der Waals surface area (Å²) in [6.45, 7) is 8.50. The van der Waals surface area contributed by atoms with Crippen LogP contribution in [0.15, 0.2) is 0 Å². The summed E-state index contributed by atoms with van der Waals surface area (Å²) in [5, 5.41) is 2.67. The highest BCUT2D eigenvalue weighted by Gasteiger charge is 2.33. The lowest BCUT2D eigenvalue weighted by Crippen LogP contribution is -2.54. The van der Waals surface area contributed by atoms with E-state index in [0.717, 1.165) is 0 Å². The molecule has 0 aliphatic rings. The zero-order chi connectivity index (χ0) is 9.94. The van der Waals surface area contributed by atoms with Crippen LogP contribution in [0.2, 0.25) is 0 Å². The number of amides is 1. The first-order chi connectivity index (χ1) is 5.30. The molecule has 1 amide bonds. The second-order valence-electron chi connectivity index (χ2n) is 3.59. The van der Waals surface area contributed by atoms with Crippen LogP contribution in [0.25, 0.3) is 0 Å². The molecule has 0 bridgehead atoms. The summed E-state index contributed by atoms with van der Waals surface area (Å²) >= 11 is 0. The molecule has 0 saturated carbocycles. The second-order valence-corrected chi connectivity index (χ2v) is 3.59. The average Bonchev–Trinajstić information content (AvgIpc) is 1.84. The van der Waals surface area contributed by atoms with Gasteiger partial charge >= 0.3 is 0 Å². The first kappa shape index (κ1) is 11.1. The van der Waals surface area contributed by atoms with Crippen molar-refractivity contribution in [2.45, 2.75) is 40.2 Å². The molecule has 0 aromatic carbocycles. The van der Waals surface area contributed by atoms with Crippen LogP contribution in [-0.4, -0.2) is 17.2 Å². The maximum Gasteiger partial charge on any atom is 0.217 e. The standard InChI is InChI=1S/C9H17NO2/c1-6(2)9(5,7(3)11)10-8(4)12/h6H,1-5H3,(H,10,12). The Hall–Kier alpha value is -0.860. The van der Waals surface area contributed by atoms with E-state index in [1.54, 1.807) is 6.92 Å². The third-order valence-corrected chi connectivity index (χ3v) is 2.32. The smallest absolute Gasteiger partial charge is 0.217 e. The van der Waals surface area contributed by atoms with Crippen LogP contribution < -0.4 is 5.32 Å². The molecule has 0 heterocycles. The van der Waals surface area contributed by atoms with Crippen LogP contribution in [0.1, 0.15) is 34.6 Å². The van der Waals surface area contributed by atoms with Gasteiger partial charge < -0.3 is 5.32 Å². The minimum Gasteiger partial charge on any atom is -0.344 e. The van der Waals surface area contributed by atoms with Gasteiger partial charge in [-0.2, -0.15) is 0 Å². The molecule has 0 aromatic rings. The Kier molecular flexibility index (Phi) is 3.43. The highest BCUT2D eigenvalue weighted by Crippen LogP contribution is 2.17. The highest BCUT2D eigenvalue weighted by atomic mass is 16.2. The van der Waals surface area contributed by atoms with E-state index in [0.29, 0.717) is 0 Å². The Morgan fingerprint density at radius 2 is 1.67 bits per heavy atom. The van der Waals surface area contributed by atoms with E-state index in [4.69, 9.17) is 0 Å². The van der Waals surface area contributed by atoms with E-state index in [2.05, 4.69) is 5.32 Å². The average molecular weight is 171 g/mol. The number of Topliss-reactive ketones (excluding diaryl/α,β-unsaturated/α-hetero) is 1. The van der Waals surface area contributed by atoms with Gasteiger partial charge in [0.1, 0.15) is 0 Å². The molecule has 0 aliphatic heterocycles. The van der Waals surface area contributed by atoms with Crippen molar-refractivity contribution >= 4 is 11.7 Å². The van der Waals surface area contributed by atoms with Crippen molar-refractivity contribution in [1.82, 2.24) is 5.32 Å². The van der Waals surface area contributed by atoms with Crippen LogP contribution in [0.4, 0.5) is 0 Å². The molecule has 12 heavy (non-hydrogen) atoms. The fourth-order valence-corrected chi connectivity index (χ4v) is 1.00. The minimum absolute atomic E-state index is 0.00676. The van der Waals surface area contributed by atoms with Crippen LogP contribution in [0.3, 0.4) is 0 Å². The first-order valence-corrected chi connectivity index (χ1v) is 4.10. The van der Waals surface area contributed by atoms with Crippen LogP contribution in [-0.2, 0) is 9.59 Å². The molecule has 0 radical (unpaired) electrons. The van der Waals surface area contributed by atoms with Crippen molar-refractivity contribution in [3.63, 3.8) is 0 Å². The minimum atomic E-state index is -0.716. The van der Waals surface area contributed by atoms with Crippen LogP contribution >= 0.6 is 0 Å². The van der Waals surface area contributed by atoms with E-state index in [-0.39, 0.29) is 17.6 Å². The van der Waals surface area contributed by atoms with Crippen molar-refractivity contribution in [3.8, 4) is 0 Å². The number of ketones is 1. The largest absolute Gasteiger partial charge is 0.344 e. The molecule has 3 heteroatoms. The van der Waals surface area contributed by atoms with E-state index in [9.17, 15) is 9.59 Å². The molecule has 70 valence electrons.